The van der Waals surface area contributed by atoms with Gasteiger partial charge in [0.05, 0.1) is 0 Å². The molecular weight excluding hydrogens is 364 g/mol. The number of benzene rings is 2. The standard InChI is InChI=1S/C12H7NO2.H4O7P2/c14-8-5-6-10-12(7-8)15-11-4-2-1-3-9(11)13-10;1-8(2,3)7-9(4,5)6/h1-7H;(H2,1,2,3)(H2,4,5,6). The maximum Gasteiger partial charge on any atom is 0.478 e. The van der Waals surface area contributed by atoms with E-state index in [0.29, 0.717) is 17.0 Å². The van der Waals surface area contributed by atoms with Crippen molar-refractivity contribution < 1.29 is 37.4 Å². The number of phosphoric acid groups is 2. The summed E-state index contributed by atoms with van der Waals surface area (Å²) in [6.07, 6.45) is 0. The molecule has 2 aliphatic rings. The van der Waals surface area contributed by atoms with Gasteiger partial charge in [-0.3, -0.25) is 4.79 Å². The number of nitrogens with zero attached hydrogens (tertiary/aromatic N) is 1. The molecule has 1 aromatic rings. The first-order chi connectivity index (χ1) is 11.0. The molecule has 12 heteroatoms. The maximum absolute atomic E-state index is 11.1. The molecule has 1 aromatic carbocycles. The Morgan fingerprint density at radius 1 is 0.958 bits per heavy atom. The average molecular weight is 375 g/mol. The Bertz CT molecular complexity index is 953. The summed E-state index contributed by atoms with van der Waals surface area (Å²) in [5, 5.41) is 0. The van der Waals surface area contributed by atoms with Crippen molar-refractivity contribution in [3.05, 3.63) is 52.7 Å². The van der Waals surface area contributed by atoms with Crippen molar-refractivity contribution in [1.29, 1.82) is 0 Å². The van der Waals surface area contributed by atoms with E-state index in [1.54, 1.807) is 6.07 Å². The predicted molar refractivity (Wildman–Crippen MR) is 82.1 cm³/mol. The molecule has 1 heterocycles. The summed E-state index contributed by atoms with van der Waals surface area (Å²) in [4.78, 5) is 46.5. The van der Waals surface area contributed by atoms with Crippen LogP contribution in [0.3, 0.4) is 0 Å². The lowest BCUT2D eigenvalue weighted by atomic mass is 10.2. The van der Waals surface area contributed by atoms with E-state index >= 15 is 0 Å². The monoisotopic (exact) mass is 375 g/mol. The smallest absolute Gasteiger partial charge is 0.453 e. The van der Waals surface area contributed by atoms with Gasteiger partial charge >= 0.3 is 15.6 Å². The van der Waals surface area contributed by atoms with Crippen molar-refractivity contribution in [2.45, 2.75) is 0 Å². The number of hydrogen-bond acceptors (Lipinski definition) is 6. The minimum Gasteiger partial charge on any atom is -0.453 e. The minimum absolute atomic E-state index is 0.0664. The highest BCUT2D eigenvalue weighted by Gasteiger charge is 2.27. The third-order valence-corrected chi connectivity index (χ3v) is 4.17. The fourth-order valence-electron chi connectivity index (χ4n) is 1.69. The van der Waals surface area contributed by atoms with Crippen molar-refractivity contribution in [3.63, 3.8) is 0 Å². The molecule has 4 N–H and O–H groups in total. The second-order valence-corrected chi connectivity index (χ2v) is 6.99. The van der Waals surface area contributed by atoms with Crippen molar-refractivity contribution in [2.24, 2.45) is 0 Å². The Balaban J connectivity index is 0.000000202. The van der Waals surface area contributed by atoms with Crippen LogP contribution in [0.2, 0.25) is 0 Å². The molecule has 0 unspecified atom stereocenters. The molecule has 0 atom stereocenters. The first kappa shape index (κ1) is 18.4. The zero-order valence-corrected chi connectivity index (χ0v) is 13.5. The summed E-state index contributed by atoms with van der Waals surface area (Å²) in [7, 11) is -10.1. The van der Waals surface area contributed by atoms with Crippen molar-refractivity contribution in [2.75, 3.05) is 0 Å². The topological polar surface area (TPSA) is 167 Å². The van der Waals surface area contributed by atoms with Crippen LogP contribution in [0.4, 0.5) is 0 Å². The van der Waals surface area contributed by atoms with Gasteiger partial charge in [-0.1, -0.05) is 12.1 Å². The number of hydrogen-bond donors (Lipinski definition) is 4. The van der Waals surface area contributed by atoms with Crippen LogP contribution in [0.1, 0.15) is 0 Å². The third kappa shape index (κ3) is 5.63. The van der Waals surface area contributed by atoms with E-state index in [4.69, 9.17) is 24.0 Å². The Hall–Kier alpha value is -1.90. The SMILES string of the molecule is O=P(O)(O)OP(=O)(O)O.O=c1ccc2nc3ccccc3oc-2c1. The molecule has 1 aliphatic heterocycles. The van der Waals surface area contributed by atoms with Crippen molar-refractivity contribution in [3.8, 4) is 11.5 Å². The molecule has 0 saturated carbocycles. The highest BCUT2D eigenvalue weighted by Crippen LogP contribution is 2.53. The van der Waals surface area contributed by atoms with Gasteiger partial charge in [0.25, 0.3) is 0 Å². The first-order valence-corrected chi connectivity index (χ1v) is 9.22. The third-order valence-electron chi connectivity index (χ3n) is 2.47. The van der Waals surface area contributed by atoms with Gasteiger partial charge in [0.2, 0.25) is 0 Å². The fraction of sp³-hybridized carbons (Fsp3) is 0. The van der Waals surface area contributed by atoms with E-state index in [2.05, 4.69) is 9.29 Å². The van der Waals surface area contributed by atoms with Gasteiger partial charge in [0.15, 0.2) is 16.8 Å². The van der Waals surface area contributed by atoms with Crippen LogP contribution in [0.5, 0.6) is 0 Å². The van der Waals surface area contributed by atoms with Crippen LogP contribution in [-0.4, -0.2) is 24.6 Å². The van der Waals surface area contributed by atoms with Crippen LogP contribution >= 0.6 is 15.6 Å². The molecule has 0 spiro atoms. The lowest BCUT2D eigenvalue weighted by Gasteiger charge is -2.04. The summed E-state index contributed by atoms with van der Waals surface area (Å²) >= 11 is 0. The largest absolute Gasteiger partial charge is 0.478 e. The molecule has 128 valence electrons. The van der Waals surface area contributed by atoms with Gasteiger partial charge in [-0.25, -0.2) is 14.1 Å². The van der Waals surface area contributed by atoms with E-state index in [1.165, 1.54) is 12.1 Å². The number of para-hydroxylation sites is 2. The lowest BCUT2D eigenvalue weighted by Crippen LogP contribution is -1.99. The summed E-state index contributed by atoms with van der Waals surface area (Å²) in [5.74, 6) is 0.529. The van der Waals surface area contributed by atoms with E-state index in [1.807, 2.05) is 24.3 Å². The van der Waals surface area contributed by atoms with E-state index in [0.717, 1.165) is 5.52 Å². The highest BCUT2D eigenvalue weighted by atomic mass is 31.3. The Labute approximate surface area is 134 Å². The molecule has 3 rings (SSSR count). The molecule has 10 nitrogen and oxygen atoms in total. The van der Waals surface area contributed by atoms with Crippen LogP contribution in [0, 0.1) is 0 Å². The fourth-order valence-corrected chi connectivity index (χ4v) is 2.80. The quantitative estimate of drug-likeness (QED) is 0.380. The summed E-state index contributed by atoms with van der Waals surface area (Å²) < 4.78 is 27.8. The van der Waals surface area contributed by atoms with Gasteiger partial charge < -0.3 is 24.0 Å². The second kappa shape index (κ2) is 6.92. The molecule has 0 aromatic heterocycles. The van der Waals surface area contributed by atoms with Crippen molar-refractivity contribution >= 4 is 26.7 Å². The number of rotatable bonds is 2. The Morgan fingerprint density at radius 2 is 1.58 bits per heavy atom. The number of fused-ring (bicyclic) bond motifs is 2. The normalized spacial score (nSPS) is 12.0. The van der Waals surface area contributed by atoms with Gasteiger partial charge in [0, 0.05) is 6.07 Å². The maximum atomic E-state index is 11.1. The van der Waals surface area contributed by atoms with E-state index in [-0.39, 0.29) is 5.43 Å². The van der Waals surface area contributed by atoms with Crippen LogP contribution in [0.15, 0.2) is 51.7 Å². The molecule has 0 saturated heterocycles. The van der Waals surface area contributed by atoms with E-state index in [9.17, 15) is 13.9 Å². The molecule has 0 bridgehead atoms. The van der Waals surface area contributed by atoms with Crippen molar-refractivity contribution in [1.82, 2.24) is 4.98 Å². The molecule has 0 amide bonds. The van der Waals surface area contributed by atoms with Crippen LogP contribution < -0.4 is 5.43 Å². The second-order valence-electron chi connectivity index (χ2n) is 4.37. The van der Waals surface area contributed by atoms with Gasteiger partial charge in [-0.2, -0.15) is 4.31 Å². The number of aromatic nitrogens is 1. The molecule has 1 aliphatic carbocycles. The van der Waals surface area contributed by atoms with Gasteiger partial charge in [-0.05, 0) is 24.3 Å². The minimum atomic E-state index is -5.05. The van der Waals surface area contributed by atoms with Gasteiger partial charge in [0.1, 0.15) is 11.2 Å². The molecule has 0 fully saturated rings. The average Bonchev–Trinajstić information content (AvgIpc) is 2.41. The zero-order valence-electron chi connectivity index (χ0n) is 11.7. The van der Waals surface area contributed by atoms with Crippen LogP contribution in [-0.2, 0) is 13.4 Å². The molecule has 24 heavy (non-hydrogen) atoms. The summed E-state index contributed by atoms with van der Waals surface area (Å²) in [5.41, 5.74) is 2.12. The zero-order chi connectivity index (χ0) is 18.0. The van der Waals surface area contributed by atoms with Gasteiger partial charge in [-0.15, -0.1) is 0 Å². The highest BCUT2D eigenvalue weighted by molar-refractivity contribution is 7.60. The summed E-state index contributed by atoms with van der Waals surface area (Å²) in [6.45, 7) is 0. The first-order valence-electron chi connectivity index (χ1n) is 6.16. The summed E-state index contributed by atoms with van der Waals surface area (Å²) in [6, 6.07) is 12.1. The molecule has 0 radical (unpaired) electrons. The molecular formula is C12H11NO9P2. The van der Waals surface area contributed by atoms with Crippen LogP contribution in [0.25, 0.3) is 22.6 Å². The Kier molecular flexibility index (Phi) is 5.32. The van der Waals surface area contributed by atoms with E-state index < -0.39 is 15.6 Å². The lowest BCUT2D eigenvalue weighted by molar-refractivity contribution is 0.225. The Morgan fingerprint density at radius 3 is 2.17 bits per heavy atom. The predicted octanol–water partition coefficient (Wildman–Crippen LogP) is 1.48.